The Morgan fingerprint density at radius 3 is 2.67 bits per heavy atom. The van der Waals surface area contributed by atoms with Crippen molar-refractivity contribution in [2.75, 3.05) is 6.61 Å². The van der Waals surface area contributed by atoms with Crippen LogP contribution >= 0.6 is 0 Å². The number of hydrogen-bond acceptors (Lipinski definition) is 3. The third-order valence-electron chi connectivity index (χ3n) is 1.10. The zero-order chi connectivity index (χ0) is 6.85. The van der Waals surface area contributed by atoms with Gasteiger partial charge in [-0.2, -0.15) is 0 Å². The summed E-state index contributed by atoms with van der Waals surface area (Å²) >= 11 is 0. The molecule has 0 aliphatic carbocycles. The minimum absolute atomic E-state index is 0.0227. The molecule has 0 N–H and O–H groups in total. The first-order chi connectivity index (χ1) is 4.22. The van der Waals surface area contributed by atoms with E-state index in [0.29, 0.717) is 0 Å². The van der Waals surface area contributed by atoms with Gasteiger partial charge in [-0.1, -0.05) is 0 Å². The summed E-state index contributed by atoms with van der Waals surface area (Å²) in [6.45, 7) is 1.37. The van der Waals surface area contributed by atoms with Crippen molar-refractivity contribution < 1.29 is 14.3 Å². The molecule has 0 amide bonds. The highest BCUT2D eigenvalue weighted by Gasteiger charge is 2.19. The fourth-order valence-corrected chi connectivity index (χ4v) is 0.623. The fraction of sp³-hybridized carbons (Fsp3) is 0.333. The van der Waals surface area contributed by atoms with E-state index in [1.165, 1.54) is 13.2 Å². The van der Waals surface area contributed by atoms with Gasteiger partial charge in [0.15, 0.2) is 12.4 Å². The van der Waals surface area contributed by atoms with Crippen molar-refractivity contribution in [1.82, 2.24) is 0 Å². The molecule has 0 atom stereocenters. The van der Waals surface area contributed by atoms with Crippen molar-refractivity contribution in [1.29, 1.82) is 0 Å². The van der Waals surface area contributed by atoms with Gasteiger partial charge in [-0.05, 0) is 6.92 Å². The van der Waals surface area contributed by atoms with Crippen molar-refractivity contribution in [2.24, 2.45) is 0 Å². The predicted octanol–water partition coefficient (Wildman–Crippen LogP) is 0.0586. The normalized spacial score (nSPS) is 17.0. The molecular weight excluding hydrogens is 120 g/mol. The Morgan fingerprint density at radius 2 is 2.44 bits per heavy atom. The fourth-order valence-electron chi connectivity index (χ4n) is 0.623. The van der Waals surface area contributed by atoms with Crippen molar-refractivity contribution in [3.63, 3.8) is 0 Å². The van der Waals surface area contributed by atoms with E-state index in [1.807, 2.05) is 0 Å². The molecule has 9 heavy (non-hydrogen) atoms. The van der Waals surface area contributed by atoms with Crippen LogP contribution in [-0.4, -0.2) is 18.2 Å². The van der Waals surface area contributed by atoms with Crippen LogP contribution in [0.1, 0.15) is 6.92 Å². The lowest BCUT2D eigenvalue weighted by atomic mass is 10.1. The van der Waals surface area contributed by atoms with E-state index >= 15 is 0 Å². The minimum atomic E-state index is -0.225. The summed E-state index contributed by atoms with van der Waals surface area (Å²) in [5.74, 6) is -0.444. The van der Waals surface area contributed by atoms with Gasteiger partial charge in [-0.25, -0.2) is 0 Å². The van der Waals surface area contributed by atoms with Crippen molar-refractivity contribution in [3.8, 4) is 0 Å². The van der Waals surface area contributed by atoms with E-state index in [0.717, 1.165) is 0 Å². The number of ketones is 2. The molecule has 0 saturated heterocycles. The molecule has 0 spiro atoms. The first-order valence-electron chi connectivity index (χ1n) is 2.57. The van der Waals surface area contributed by atoms with Crippen molar-refractivity contribution in [2.45, 2.75) is 6.92 Å². The summed E-state index contributed by atoms with van der Waals surface area (Å²) in [5, 5.41) is 0. The van der Waals surface area contributed by atoms with Crippen LogP contribution in [0.25, 0.3) is 0 Å². The van der Waals surface area contributed by atoms with Crippen LogP contribution in [-0.2, 0) is 14.3 Å². The van der Waals surface area contributed by atoms with Gasteiger partial charge >= 0.3 is 0 Å². The lowest BCUT2D eigenvalue weighted by Crippen LogP contribution is -2.07. The van der Waals surface area contributed by atoms with E-state index in [4.69, 9.17) is 0 Å². The molecule has 1 rings (SSSR count). The van der Waals surface area contributed by atoms with Crippen LogP contribution in [0, 0.1) is 0 Å². The molecule has 3 nitrogen and oxygen atoms in total. The second-order valence-electron chi connectivity index (χ2n) is 1.82. The van der Waals surface area contributed by atoms with Crippen LogP contribution in [0.5, 0.6) is 0 Å². The number of carbonyl (C=O) groups excluding carboxylic acids is 2. The number of ether oxygens (including phenoxy) is 1. The van der Waals surface area contributed by atoms with E-state index in [2.05, 4.69) is 4.74 Å². The summed E-state index contributed by atoms with van der Waals surface area (Å²) < 4.78 is 4.60. The third kappa shape index (κ3) is 0.988. The quantitative estimate of drug-likeness (QED) is 0.466. The zero-order valence-corrected chi connectivity index (χ0v) is 5.01. The largest absolute Gasteiger partial charge is 0.492 e. The average Bonchev–Trinajstić information content (AvgIpc) is 2.13. The molecule has 48 valence electrons. The maximum Gasteiger partial charge on any atom is 0.206 e. The maximum atomic E-state index is 10.6. The second-order valence-corrected chi connectivity index (χ2v) is 1.82. The molecule has 0 radical (unpaired) electrons. The van der Waals surface area contributed by atoms with Gasteiger partial charge in [0, 0.05) is 0 Å². The minimum Gasteiger partial charge on any atom is -0.492 e. The molecule has 0 fully saturated rings. The highest BCUT2D eigenvalue weighted by atomic mass is 16.5. The maximum absolute atomic E-state index is 10.6. The topological polar surface area (TPSA) is 43.4 Å². The molecule has 0 bridgehead atoms. The van der Waals surface area contributed by atoms with Crippen molar-refractivity contribution >= 4 is 11.6 Å². The smallest absolute Gasteiger partial charge is 0.206 e. The van der Waals surface area contributed by atoms with Gasteiger partial charge in [0.05, 0.1) is 11.8 Å². The van der Waals surface area contributed by atoms with Gasteiger partial charge in [0.2, 0.25) is 5.78 Å². The van der Waals surface area contributed by atoms with Gasteiger partial charge in [0.1, 0.15) is 0 Å². The first-order valence-corrected chi connectivity index (χ1v) is 2.57. The van der Waals surface area contributed by atoms with Crippen LogP contribution < -0.4 is 0 Å². The molecular formula is C6H6O3. The summed E-state index contributed by atoms with van der Waals surface area (Å²) in [4.78, 5) is 21.1. The first kappa shape index (κ1) is 6.01. The Kier molecular flexibility index (Phi) is 1.34. The standard InChI is InChI=1S/C6H6O3/c1-4(7)5-2-9-3-6(5)8/h2H,3H2,1H3. The van der Waals surface area contributed by atoms with E-state index < -0.39 is 0 Å². The van der Waals surface area contributed by atoms with Crippen LogP contribution in [0.3, 0.4) is 0 Å². The van der Waals surface area contributed by atoms with E-state index in [9.17, 15) is 9.59 Å². The highest BCUT2D eigenvalue weighted by molar-refractivity contribution is 6.20. The van der Waals surface area contributed by atoms with Gasteiger partial charge in [-0.15, -0.1) is 0 Å². The van der Waals surface area contributed by atoms with E-state index in [-0.39, 0.29) is 23.7 Å². The molecule has 1 aliphatic heterocycles. The number of Topliss-reactive ketones (excluding diaryl/α,β-unsaturated/α-hetero) is 2. The molecule has 1 aliphatic rings. The molecule has 0 unspecified atom stereocenters. The molecule has 3 heteroatoms. The average molecular weight is 126 g/mol. The van der Waals surface area contributed by atoms with Crippen LogP contribution in [0.2, 0.25) is 0 Å². The summed E-state index contributed by atoms with van der Waals surface area (Å²) in [7, 11) is 0. The van der Waals surface area contributed by atoms with Crippen LogP contribution in [0.4, 0.5) is 0 Å². The monoisotopic (exact) mass is 126 g/mol. The van der Waals surface area contributed by atoms with Gasteiger partial charge < -0.3 is 4.74 Å². The Morgan fingerprint density at radius 1 is 1.78 bits per heavy atom. The third-order valence-corrected chi connectivity index (χ3v) is 1.10. The summed E-state index contributed by atoms with van der Waals surface area (Å²) in [6.07, 6.45) is 1.21. The van der Waals surface area contributed by atoms with Crippen molar-refractivity contribution in [3.05, 3.63) is 11.8 Å². The lowest BCUT2D eigenvalue weighted by molar-refractivity contribution is -0.120. The number of carbonyl (C=O) groups is 2. The molecule has 0 aromatic rings. The number of rotatable bonds is 1. The lowest BCUT2D eigenvalue weighted by Gasteiger charge is -1.85. The highest BCUT2D eigenvalue weighted by Crippen LogP contribution is 2.06. The van der Waals surface area contributed by atoms with Gasteiger partial charge in [0.25, 0.3) is 0 Å². The van der Waals surface area contributed by atoms with Crippen LogP contribution in [0.15, 0.2) is 11.8 Å². The summed E-state index contributed by atoms with van der Waals surface area (Å²) in [6, 6.07) is 0. The Bertz CT molecular complexity index is 190. The second kappa shape index (κ2) is 2.01. The van der Waals surface area contributed by atoms with Gasteiger partial charge in [-0.3, -0.25) is 9.59 Å². The molecule has 0 aromatic heterocycles. The molecule has 1 heterocycles. The number of hydrogen-bond donors (Lipinski definition) is 0. The SMILES string of the molecule is CC(=O)C1=COCC1=O. The molecule has 0 saturated carbocycles. The summed E-state index contributed by atoms with van der Waals surface area (Å²) in [5.41, 5.74) is 0.176. The van der Waals surface area contributed by atoms with E-state index in [1.54, 1.807) is 0 Å². The predicted molar refractivity (Wildman–Crippen MR) is 29.7 cm³/mol. The molecule has 0 aromatic carbocycles. The zero-order valence-electron chi connectivity index (χ0n) is 5.01. The Hall–Kier alpha value is -1.12. The Labute approximate surface area is 52.3 Å². The Balaban J connectivity index is 2.80.